The summed E-state index contributed by atoms with van der Waals surface area (Å²) in [5.74, 6) is -0.131. The van der Waals surface area contributed by atoms with Gasteiger partial charge in [-0.3, -0.25) is 9.69 Å². The number of rotatable bonds is 4. The number of ketones is 1. The highest BCUT2D eigenvalue weighted by molar-refractivity contribution is 6.37. The van der Waals surface area contributed by atoms with E-state index >= 15 is 0 Å². The van der Waals surface area contributed by atoms with Crippen molar-refractivity contribution in [1.82, 2.24) is 4.90 Å². The molecule has 1 saturated heterocycles. The zero-order chi connectivity index (χ0) is 13.8. The van der Waals surface area contributed by atoms with Gasteiger partial charge in [0.05, 0.1) is 18.2 Å². The van der Waals surface area contributed by atoms with E-state index in [1.54, 1.807) is 18.2 Å². The molecule has 0 amide bonds. The van der Waals surface area contributed by atoms with E-state index in [9.17, 15) is 4.79 Å². The van der Waals surface area contributed by atoms with Gasteiger partial charge in [-0.05, 0) is 18.2 Å². The third-order valence-corrected chi connectivity index (χ3v) is 3.56. The number of hydrogen-bond acceptors (Lipinski definition) is 3. The maximum absolute atomic E-state index is 12.3. The lowest BCUT2D eigenvalue weighted by molar-refractivity contribution is 0.0418. The van der Waals surface area contributed by atoms with Crippen molar-refractivity contribution in [2.75, 3.05) is 32.8 Å². The average molecular weight is 300 g/mol. The van der Waals surface area contributed by atoms with Crippen LogP contribution < -0.4 is 0 Å². The summed E-state index contributed by atoms with van der Waals surface area (Å²) in [4.78, 5) is 14.4. The van der Waals surface area contributed by atoms with Gasteiger partial charge >= 0.3 is 0 Å². The second-order valence-corrected chi connectivity index (χ2v) is 5.29. The molecule has 1 fully saturated rings. The van der Waals surface area contributed by atoms with E-state index < -0.39 is 0 Å². The number of carbonyl (C=O) groups is 1. The molecule has 1 aliphatic heterocycles. The minimum atomic E-state index is -0.131. The first kappa shape index (κ1) is 14.5. The van der Waals surface area contributed by atoms with E-state index in [1.807, 2.05) is 0 Å². The number of nitrogens with zero attached hydrogens (tertiary/aromatic N) is 1. The molecule has 0 atom stereocenters. The molecule has 1 heterocycles. The predicted molar refractivity (Wildman–Crippen MR) is 77.2 cm³/mol. The summed E-state index contributed by atoms with van der Waals surface area (Å²) in [5, 5.41) is 0.876. The molecule has 0 saturated carbocycles. The number of morpholine rings is 1. The summed E-state index contributed by atoms with van der Waals surface area (Å²) < 4.78 is 5.27. The lowest BCUT2D eigenvalue weighted by Gasteiger charge is -2.26. The average Bonchev–Trinajstić information content (AvgIpc) is 2.39. The van der Waals surface area contributed by atoms with Crippen LogP contribution in [0.2, 0.25) is 10.0 Å². The second kappa shape index (κ2) is 6.53. The summed E-state index contributed by atoms with van der Waals surface area (Å²) in [6, 6.07) is 4.86. The molecule has 3 nitrogen and oxygen atoms in total. The maximum Gasteiger partial charge on any atom is 0.191 e. The summed E-state index contributed by atoms with van der Waals surface area (Å²) in [6.07, 6.45) is 0. The molecule has 102 valence electrons. The molecule has 1 aromatic rings. The largest absolute Gasteiger partial charge is 0.379 e. The first-order chi connectivity index (χ1) is 9.08. The molecular formula is C14H15Cl2NO2. The molecule has 0 N–H and O–H groups in total. The molecular weight excluding hydrogens is 285 g/mol. The van der Waals surface area contributed by atoms with Crippen molar-refractivity contribution in [3.05, 3.63) is 46.0 Å². The predicted octanol–water partition coefficient (Wildman–Crippen LogP) is 3.06. The smallest absolute Gasteiger partial charge is 0.191 e. The highest BCUT2D eigenvalue weighted by Crippen LogP contribution is 2.23. The fourth-order valence-electron chi connectivity index (χ4n) is 1.97. The second-order valence-electron chi connectivity index (χ2n) is 4.45. The number of Topliss-reactive ketones (excluding diaryl/α,β-unsaturated/α-hetero) is 1. The number of carbonyl (C=O) groups excluding carboxylic acids is 1. The maximum atomic E-state index is 12.3. The fraction of sp³-hybridized carbons (Fsp3) is 0.357. The Bertz CT molecular complexity index is 496. The molecule has 0 aliphatic carbocycles. The first-order valence-electron chi connectivity index (χ1n) is 6.05. The van der Waals surface area contributed by atoms with E-state index in [4.69, 9.17) is 27.9 Å². The van der Waals surface area contributed by atoms with Crippen molar-refractivity contribution in [3.8, 4) is 0 Å². The van der Waals surface area contributed by atoms with Crippen LogP contribution in [-0.2, 0) is 4.74 Å². The van der Waals surface area contributed by atoms with Gasteiger partial charge in [0, 0.05) is 35.8 Å². The van der Waals surface area contributed by atoms with Crippen LogP contribution in [0, 0.1) is 0 Å². The van der Waals surface area contributed by atoms with Gasteiger partial charge in [0.1, 0.15) is 0 Å². The number of benzene rings is 1. The van der Waals surface area contributed by atoms with Gasteiger partial charge in [-0.25, -0.2) is 0 Å². The number of ether oxygens (including phenoxy) is 1. The molecule has 0 spiro atoms. The van der Waals surface area contributed by atoms with Gasteiger partial charge in [0.2, 0.25) is 0 Å². The minimum absolute atomic E-state index is 0.131. The van der Waals surface area contributed by atoms with E-state index in [1.165, 1.54) is 0 Å². The van der Waals surface area contributed by atoms with Crippen molar-refractivity contribution in [3.63, 3.8) is 0 Å². The van der Waals surface area contributed by atoms with Gasteiger partial charge in [0.15, 0.2) is 5.78 Å². The highest BCUT2D eigenvalue weighted by Gasteiger charge is 2.18. The van der Waals surface area contributed by atoms with Gasteiger partial charge in [-0.2, -0.15) is 0 Å². The van der Waals surface area contributed by atoms with Crippen LogP contribution >= 0.6 is 23.2 Å². The van der Waals surface area contributed by atoms with Gasteiger partial charge < -0.3 is 4.74 Å². The summed E-state index contributed by atoms with van der Waals surface area (Å²) in [5.41, 5.74) is 0.982. The van der Waals surface area contributed by atoms with Crippen LogP contribution in [0.5, 0.6) is 0 Å². The van der Waals surface area contributed by atoms with E-state index in [0.717, 1.165) is 13.1 Å². The summed E-state index contributed by atoms with van der Waals surface area (Å²) in [7, 11) is 0. The van der Waals surface area contributed by atoms with E-state index in [2.05, 4.69) is 11.5 Å². The third kappa shape index (κ3) is 3.80. The highest BCUT2D eigenvalue weighted by atomic mass is 35.5. The van der Waals surface area contributed by atoms with Crippen LogP contribution in [0.1, 0.15) is 10.4 Å². The molecule has 0 bridgehead atoms. The van der Waals surface area contributed by atoms with Gasteiger partial charge in [-0.15, -0.1) is 0 Å². The molecule has 0 radical (unpaired) electrons. The molecule has 1 aliphatic rings. The van der Waals surface area contributed by atoms with E-state index in [-0.39, 0.29) is 5.78 Å². The van der Waals surface area contributed by atoms with Crippen LogP contribution in [0.15, 0.2) is 30.4 Å². The Morgan fingerprint density at radius 2 is 2.00 bits per heavy atom. The fourth-order valence-corrected chi connectivity index (χ4v) is 2.46. The monoisotopic (exact) mass is 299 g/mol. The standard InChI is InChI=1S/C14H15Cl2NO2/c1-10(9-17-4-6-19-7-5-17)14(18)12-3-2-11(15)8-13(12)16/h2-3,8H,1,4-7,9H2. The molecule has 0 unspecified atom stereocenters. The quantitative estimate of drug-likeness (QED) is 0.632. The topological polar surface area (TPSA) is 29.5 Å². The summed E-state index contributed by atoms with van der Waals surface area (Å²) in [6.45, 7) is 7.44. The molecule has 5 heteroatoms. The SMILES string of the molecule is C=C(CN1CCOCC1)C(=O)c1ccc(Cl)cc1Cl. The molecule has 2 rings (SSSR count). The Balaban J connectivity index is 2.03. The molecule has 19 heavy (non-hydrogen) atoms. The lowest BCUT2D eigenvalue weighted by Crippen LogP contribution is -2.38. The van der Waals surface area contributed by atoms with Crippen molar-refractivity contribution < 1.29 is 9.53 Å². The third-order valence-electron chi connectivity index (χ3n) is 3.02. The Kier molecular flexibility index (Phi) is 4.99. The zero-order valence-electron chi connectivity index (χ0n) is 10.5. The summed E-state index contributed by atoms with van der Waals surface area (Å²) >= 11 is 11.8. The Hall–Kier alpha value is -0.870. The lowest BCUT2D eigenvalue weighted by atomic mass is 10.0. The van der Waals surface area contributed by atoms with Crippen molar-refractivity contribution in [1.29, 1.82) is 0 Å². The van der Waals surface area contributed by atoms with E-state index in [0.29, 0.717) is 40.9 Å². The number of halogens is 2. The Labute approximate surface area is 122 Å². The minimum Gasteiger partial charge on any atom is -0.379 e. The van der Waals surface area contributed by atoms with Crippen LogP contribution in [-0.4, -0.2) is 43.5 Å². The van der Waals surface area contributed by atoms with Crippen LogP contribution in [0.4, 0.5) is 0 Å². The first-order valence-corrected chi connectivity index (χ1v) is 6.81. The van der Waals surface area contributed by atoms with Gasteiger partial charge in [0.25, 0.3) is 0 Å². The molecule has 0 aromatic heterocycles. The molecule has 1 aromatic carbocycles. The normalized spacial score (nSPS) is 16.3. The zero-order valence-corrected chi connectivity index (χ0v) is 12.0. The van der Waals surface area contributed by atoms with Crippen molar-refractivity contribution in [2.45, 2.75) is 0 Å². The van der Waals surface area contributed by atoms with Crippen LogP contribution in [0.3, 0.4) is 0 Å². The Morgan fingerprint density at radius 1 is 1.32 bits per heavy atom. The van der Waals surface area contributed by atoms with Crippen LogP contribution in [0.25, 0.3) is 0 Å². The van der Waals surface area contributed by atoms with Crippen molar-refractivity contribution in [2.24, 2.45) is 0 Å². The number of hydrogen-bond donors (Lipinski definition) is 0. The van der Waals surface area contributed by atoms with Crippen molar-refractivity contribution >= 4 is 29.0 Å². The Morgan fingerprint density at radius 3 is 2.63 bits per heavy atom. The van der Waals surface area contributed by atoms with Gasteiger partial charge in [-0.1, -0.05) is 29.8 Å².